The van der Waals surface area contributed by atoms with Crippen LogP contribution in [-0.4, -0.2) is 56.4 Å². The van der Waals surface area contributed by atoms with Gasteiger partial charge in [0.05, 0.1) is 32.0 Å². The maximum absolute atomic E-state index is 9.58. The molecule has 0 saturated heterocycles. The lowest BCUT2D eigenvalue weighted by Crippen LogP contribution is -2.43. The lowest BCUT2D eigenvalue weighted by atomic mass is 9.90. The van der Waals surface area contributed by atoms with Gasteiger partial charge >= 0.3 is 0 Å². The molecule has 2 unspecified atom stereocenters. The van der Waals surface area contributed by atoms with Gasteiger partial charge in [0, 0.05) is 13.2 Å². The molecule has 5 heteroatoms. The fraction of sp³-hybridized carbons (Fsp3) is 1.00. The Morgan fingerprint density at radius 3 is 2.56 bits per heavy atom. The second-order valence-electron chi connectivity index (χ2n) is 4.44. The van der Waals surface area contributed by atoms with E-state index in [0.717, 1.165) is 12.8 Å². The number of rotatable bonds is 8. The minimum Gasteiger partial charge on any atom is -0.388 e. The van der Waals surface area contributed by atoms with E-state index in [0.29, 0.717) is 13.2 Å². The Morgan fingerprint density at radius 2 is 2.00 bits per heavy atom. The first kappa shape index (κ1) is 13.9. The number of aliphatic hydroxyl groups excluding tert-OH is 1. The van der Waals surface area contributed by atoms with E-state index in [1.807, 2.05) is 6.92 Å². The summed E-state index contributed by atoms with van der Waals surface area (Å²) in [6.07, 6.45) is 1.44. The van der Waals surface area contributed by atoms with Crippen molar-refractivity contribution in [2.45, 2.75) is 44.1 Å². The molecular weight excluding hydrogens is 210 g/mol. The predicted octanol–water partition coefficient (Wildman–Crippen LogP) is -0.0949. The molecule has 96 valence electrons. The summed E-state index contributed by atoms with van der Waals surface area (Å²) in [4.78, 5) is 0. The number of aliphatic hydroxyl groups is 1. The Hall–Kier alpha value is -0.200. The van der Waals surface area contributed by atoms with Crippen LogP contribution in [0.5, 0.6) is 0 Å². The van der Waals surface area contributed by atoms with Crippen LogP contribution in [0.4, 0.5) is 0 Å². The SMILES string of the molecule is COCC(C)OCC(O)COC1CC(N)C1. The highest BCUT2D eigenvalue weighted by molar-refractivity contribution is 4.83. The molecule has 1 aliphatic carbocycles. The van der Waals surface area contributed by atoms with Crippen molar-refractivity contribution in [3.05, 3.63) is 0 Å². The van der Waals surface area contributed by atoms with Gasteiger partial charge in [0.1, 0.15) is 6.10 Å². The molecule has 5 nitrogen and oxygen atoms in total. The van der Waals surface area contributed by atoms with Crippen molar-refractivity contribution in [2.75, 3.05) is 26.9 Å². The van der Waals surface area contributed by atoms with E-state index in [1.54, 1.807) is 7.11 Å². The van der Waals surface area contributed by atoms with Gasteiger partial charge in [0.2, 0.25) is 0 Å². The summed E-state index contributed by atoms with van der Waals surface area (Å²) in [6, 6.07) is 0.278. The predicted molar refractivity (Wildman–Crippen MR) is 60.2 cm³/mol. The molecule has 1 rings (SSSR count). The van der Waals surface area contributed by atoms with E-state index in [4.69, 9.17) is 19.9 Å². The molecule has 2 atom stereocenters. The normalized spacial score (nSPS) is 28.5. The Morgan fingerprint density at radius 1 is 1.31 bits per heavy atom. The van der Waals surface area contributed by atoms with Crippen molar-refractivity contribution in [3.8, 4) is 0 Å². The number of ether oxygens (including phenoxy) is 3. The summed E-state index contributed by atoms with van der Waals surface area (Å²) in [5, 5.41) is 9.58. The fourth-order valence-electron chi connectivity index (χ4n) is 1.60. The van der Waals surface area contributed by atoms with Gasteiger partial charge in [-0.1, -0.05) is 0 Å². The van der Waals surface area contributed by atoms with Crippen LogP contribution >= 0.6 is 0 Å². The molecule has 1 fully saturated rings. The summed E-state index contributed by atoms with van der Waals surface area (Å²) >= 11 is 0. The second kappa shape index (κ2) is 7.19. The lowest BCUT2D eigenvalue weighted by molar-refractivity contribution is -0.0860. The van der Waals surface area contributed by atoms with Gasteiger partial charge in [-0.25, -0.2) is 0 Å². The van der Waals surface area contributed by atoms with E-state index in [-0.39, 0.29) is 24.9 Å². The van der Waals surface area contributed by atoms with Crippen molar-refractivity contribution >= 4 is 0 Å². The van der Waals surface area contributed by atoms with Gasteiger partial charge in [0.25, 0.3) is 0 Å². The summed E-state index contributed by atoms with van der Waals surface area (Å²) in [5.41, 5.74) is 5.63. The molecule has 3 N–H and O–H groups in total. The Balaban J connectivity index is 1.96. The summed E-state index contributed by atoms with van der Waals surface area (Å²) in [5.74, 6) is 0. The second-order valence-corrected chi connectivity index (χ2v) is 4.44. The van der Waals surface area contributed by atoms with Crippen LogP contribution in [0.15, 0.2) is 0 Å². The maximum Gasteiger partial charge on any atom is 0.101 e. The third-order valence-electron chi connectivity index (χ3n) is 2.63. The molecule has 0 aliphatic heterocycles. The van der Waals surface area contributed by atoms with E-state index < -0.39 is 6.10 Å². The van der Waals surface area contributed by atoms with Crippen LogP contribution in [0.2, 0.25) is 0 Å². The minimum atomic E-state index is -0.573. The molecule has 0 heterocycles. The number of nitrogens with two attached hydrogens (primary N) is 1. The van der Waals surface area contributed by atoms with Crippen molar-refractivity contribution in [3.63, 3.8) is 0 Å². The van der Waals surface area contributed by atoms with E-state index >= 15 is 0 Å². The molecular formula is C11H23NO4. The topological polar surface area (TPSA) is 73.9 Å². The Labute approximate surface area is 96.9 Å². The Kier molecular flexibility index (Phi) is 6.23. The fourth-order valence-corrected chi connectivity index (χ4v) is 1.60. The first-order valence-electron chi connectivity index (χ1n) is 5.77. The van der Waals surface area contributed by atoms with Crippen LogP contribution in [0.25, 0.3) is 0 Å². The van der Waals surface area contributed by atoms with Gasteiger partial charge in [-0.05, 0) is 19.8 Å². The van der Waals surface area contributed by atoms with Crippen molar-refractivity contribution in [1.82, 2.24) is 0 Å². The third-order valence-corrected chi connectivity index (χ3v) is 2.63. The molecule has 0 bridgehead atoms. The number of hydrogen-bond acceptors (Lipinski definition) is 5. The highest BCUT2D eigenvalue weighted by atomic mass is 16.5. The van der Waals surface area contributed by atoms with Gasteiger partial charge in [-0.2, -0.15) is 0 Å². The van der Waals surface area contributed by atoms with Gasteiger partial charge in [-0.15, -0.1) is 0 Å². The average Bonchev–Trinajstić information content (AvgIpc) is 2.20. The lowest BCUT2D eigenvalue weighted by Gasteiger charge is -2.32. The first-order chi connectivity index (χ1) is 7.61. The summed E-state index contributed by atoms with van der Waals surface area (Å²) < 4.78 is 15.8. The highest BCUT2D eigenvalue weighted by Gasteiger charge is 2.27. The highest BCUT2D eigenvalue weighted by Crippen LogP contribution is 2.21. The average molecular weight is 233 g/mol. The van der Waals surface area contributed by atoms with Crippen molar-refractivity contribution in [2.24, 2.45) is 5.73 Å². The van der Waals surface area contributed by atoms with E-state index in [9.17, 15) is 5.11 Å². The molecule has 0 aromatic rings. The van der Waals surface area contributed by atoms with Crippen LogP contribution in [-0.2, 0) is 14.2 Å². The van der Waals surface area contributed by atoms with E-state index in [2.05, 4.69) is 0 Å². The van der Waals surface area contributed by atoms with E-state index in [1.165, 1.54) is 0 Å². The zero-order valence-corrected chi connectivity index (χ0v) is 10.1. The van der Waals surface area contributed by atoms with Crippen LogP contribution in [0.3, 0.4) is 0 Å². The number of hydrogen-bond donors (Lipinski definition) is 2. The molecule has 0 spiro atoms. The van der Waals surface area contributed by atoms with Crippen LogP contribution in [0.1, 0.15) is 19.8 Å². The molecule has 0 aromatic carbocycles. The summed E-state index contributed by atoms with van der Waals surface area (Å²) in [6.45, 7) is 3.04. The molecule has 1 saturated carbocycles. The number of methoxy groups -OCH3 is 1. The van der Waals surface area contributed by atoms with Crippen molar-refractivity contribution < 1.29 is 19.3 Å². The third kappa shape index (κ3) is 5.23. The molecule has 16 heavy (non-hydrogen) atoms. The largest absolute Gasteiger partial charge is 0.388 e. The van der Waals surface area contributed by atoms with Crippen LogP contribution < -0.4 is 5.73 Å². The summed E-state index contributed by atoms with van der Waals surface area (Å²) in [7, 11) is 1.62. The van der Waals surface area contributed by atoms with Gasteiger partial charge < -0.3 is 25.1 Å². The minimum absolute atomic E-state index is 0.00299. The standard InChI is InChI=1S/C11H23NO4/c1-8(5-14-2)15-6-10(13)7-16-11-3-9(12)4-11/h8-11,13H,3-7,12H2,1-2H3. The molecule has 0 aromatic heterocycles. The van der Waals surface area contributed by atoms with Gasteiger partial charge in [-0.3, -0.25) is 0 Å². The monoisotopic (exact) mass is 233 g/mol. The quantitative estimate of drug-likeness (QED) is 0.612. The smallest absolute Gasteiger partial charge is 0.101 e. The zero-order valence-electron chi connectivity index (χ0n) is 10.1. The first-order valence-corrected chi connectivity index (χ1v) is 5.77. The maximum atomic E-state index is 9.58. The zero-order chi connectivity index (χ0) is 12.0. The van der Waals surface area contributed by atoms with Gasteiger partial charge in [0.15, 0.2) is 0 Å². The van der Waals surface area contributed by atoms with Crippen LogP contribution in [0, 0.1) is 0 Å². The van der Waals surface area contributed by atoms with Crippen molar-refractivity contribution in [1.29, 1.82) is 0 Å². The molecule has 1 aliphatic rings. The molecule has 0 amide bonds. The Bertz CT molecular complexity index is 176. The molecule has 0 radical (unpaired) electrons.